The number of rotatable bonds is 11. The summed E-state index contributed by atoms with van der Waals surface area (Å²) in [4.78, 5) is 11.1. The molecule has 0 heterocycles. The van der Waals surface area contributed by atoms with Crippen LogP contribution >= 0.6 is 0 Å². The Hall–Kier alpha value is -0.530. The van der Waals surface area contributed by atoms with Crippen LogP contribution in [-0.4, -0.2) is 5.91 Å². The van der Waals surface area contributed by atoms with Crippen LogP contribution in [0.5, 0.6) is 0 Å². The van der Waals surface area contributed by atoms with Crippen molar-refractivity contribution < 1.29 is 4.79 Å². The molecule has 0 atom stereocenters. The molecule has 0 aliphatic rings. The van der Waals surface area contributed by atoms with E-state index in [2.05, 4.69) is 12.2 Å². The summed E-state index contributed by atoms with van der Waals surface area (Å²) in [5.74, 6) is 0.158. The van der Waals surface area contributed by atoms with Crippen molar-refractivity contribution in [1.82, 2.24) is 5.32 Å². The highest BCUT2D eigenvalue weighted by Crippen LogP contribution is 2.10. The molecule has 2 heteroatoms. The molecule has 0 bridgehead atoms. The van der Waals surface area contributed by atoms with Gasteiger partial charge in [-0.2, -0.15) is 0 Å². The van der Waals surface area contributed by atoms with Crippen molar-refractivity contribution in [2.75, 3.05) is 0 Å². The van der Waals surface area contributed by atoms with E-state index in [9.17, 15) is 4.79 Å². The van der Waals surface area contributed by atoms with Crippen molar-refractivity contribution in [2.45, 2.75) is 78.1 Å². The second-order valence-corrected chi connectivity index (χ2v) is 4.43. The molecule has 1 N–H and O–H groups in total. The summed E-state index contributed by atoms with van der Waals surface area (Å²) in [7, 11) is 0. The first-order chi connectivity index (χ1) is 7.81. The molecule has 0 unspecified atom stereocenters. The summed E-state index contributed by atoms with van der Waals surface area (Å²) in [5.41, 5.74) is 0. The summed E-state index contributed by atoms with van der Waals surface area (Å²) in [5, 5.41) is 2.71. The van der Waals surface area contributed by atoms with Gasteiger partial charge in [-0.25, -0.2) is 0 Å². The van der Waals surface area contributed by atoms with Crippen LogP contribution in [0.4, 0.5) is 0 Å². The zero-order valence-electron chi connectivity index (χ0n) is 11.1. The van der Waals surface area contributed by atoms with Crippen molar-refractivity contribution in [3.05, 3.63) is 6.54 Å². The van der Waals surface area contributed by atoms with Gasteiger partial charge in [-0.3, -0.25) is 4.79 Å². The molecular weight excluding hydrogens is 198 g/mol. The zero-order valence-corrected chi connectivity index (χ0v) is 11.1. The summed E-state index contributed by atoms with van der Waals surface area (Å²) in [6, 6.07) is 0. The van der Waals surface area contributed by atoms with E-state index in [4.69, 9.17) is 0 Å². The van der Waals surface area contributed by atoms with E-state index < -0.39 is 0 Å². The molecule has 0 rings (SSSR count). The van der Waals surface area contributed by atoms with Crippen LogP contribution in [0, 0.1) is 6.54 Å². The average molecular weight is 226 g/mol. The number of hydrogen-bond acceptors (Lipinski definition) is 1. The maximum atomic E-state index is 11.1. The first kappa shape index (κ1) is 15.5. The molecule has 95 valence electrons. The molecule has 0 aromatic rings. The van der Waals surface area contributed by atoms with Crippen LogP contribution < -0.4 is 5.32 Å². The van der Waals surface area contributed by atoms with E-state index in [-0.39, 0.29) is 5.91 Å². The van der Waals surface area contributed by atoms with Gasteiger partial charge < -0.3 is 5.32 Å². The molecule has 0 aliphatic carbocycles. The van der Waals surface area contributed by atoms with Crippen molar-refractivity contribution in [2.24, 2.45) is 0 Å². The normalized spacial score (nSPS) is 10.4. The number of unbranched alkanes of at least 4 members (excludes halogenated alkanes) is 8. The van der Waals surface area contributed by atoms with Gasteiger partial charge >= 0.3 is 0 Å². The fraction of sp³-hybridized carbons (Fsp3) is 0.857. The largest absolute Gasteiger partial charge is 0.352 e. The monoisotopic (exact) mass is 226 g/mol. The van der Waals surface area contributed by atoms with Crippen molar-refractivity contribution in [3.63, 3.8) is 0 Å². The first-order valence-corrected chi connectivity index (χ1v) is 6.88. The predicted molar refractivity (Wildman–Crippen MR) is 70.0 cm³/mol. The van der Waals surface area contributed by atoms with Gasteiger partial charge in [0.15, 0.2) is 0 Å². The zero-order chi connectivity index (χ0) is 12.1. The summed E-state index contributed by atoms with van der Waals surface area (Å²) in [6.07, 6.45) is 12.4. The number of carbonyl (C=O) groups is 1. The van der Waals surface area contributed by atoms with Gasteiger partial charge in [0.05, 0.1) is 0 Å². The molecule has 0 saturated heterocycles. The molecule has 16 heavy (non-hydrogen) atoms. The van der Waals surface area contributed by atoms with Crippen LogP contribution in [0.25, 0.3) is 0 Å². The van der Waals surface area contributed by atoms with Crippen LogP contribution in [0.2, 0.25) is 0 Å². The second kappa shape index (κ2) is 12.5. The first-order valence-electron chi connectivity index (χ1n) is 6.88. The summed E-state index contributed by atoms with van der Waals surface area (Å²) >= 11 is 0. The Morgan fingerprint density at radius 1 is 0.938 bits per heavy atom. The summed E-state index contributed by atoms with van der Waals surface area (Å²) in [6.45, 7) is 5.79. The number of carbonyl (C=O) groups excluding carboxylic acids is 1. The fourth-order valence-corrected chi connectivity index (χ4v) is 1.83. The molecule has 0 aliphatic heterocycles. The van der Waals surface area contributed by atoms with Crippen LogP contribution in [0.15, 0.2) is 0 Å². The summed E-state index contributed by atoms with van der Waals surface area (Å²) < 4.78 is 0. The van der Waals surface area contributed by atoms with Crippen molar-refractivity contribution in [1.29, 1.82) is 0 Å². The molecule has 2 nitrogen and oxygen atoms in total. The molecule has 1 amide bonds. The SMILES string of the molecule is C[CH]NC(=O)CCCCCCCCCCC. The lowest BCUT2D eigenvalue weighted by Crippen LogP contribution is -2.18. The molecule has 1 radical (unpaired) electrons. The van der Waals surface area contributed by atoms with Gasteiger partial charge in [-0.05, 0) is 13.3 Å². The van der Waals surface area contributed by atoms with E-state index in [0.29, 0.717) is 6.42 Å². The Bertz CT molecular complexity index is 157. The Morgan fingerprint density at radius 3 is 1.94 bits per heavy atom. The number of hydrogen-bond donors (Lipinski definition) is 1. The molecule has 0 aromatic heterocycles. The molecule has 0 fully saturated rings. The van der Waals surface area contributed by atoms with Crippen molar-refractivity contribution >= 4 is 5.91 Å². The molecule has 0 saturated carbocycles. The van der Waals surface area contributed by atoms with E-state index in [0.717, 1.165) is 6.42 Å². The highest BCUT2D eigenvalue weighted by atomic mass is 16.1. The minimum Gasteiger partial charge on any atom is -0.352 e. The van der Waals surface area contributed by atoms with Crippen LogP contribution in [0.3, 0.4) is 0 Å². The lowest BCUT2D eigenvalue weighted by Gasteiger charge is -2.02. The van der Waals surface area contributed by atoms with E-state index in [1.54, 1.807) is 6.54 Å². The Morgan fingerprint density at radius 2 is 1.44 bits per heavy atom. The smallest absolute Gasteiger partial charge is 0.220 e. The molecule has 0 aromatic carbocycles. The van der Waals surface area contributed by atoms with Gasteiger partial charge in [-0.15, -0.1) is 0 Å². The highest BCUT2D eigenvalue weighted by Gasteiger charge is 1.98. The number of amides is 1. The Kier molecular flexibility index (Phi) is 12.1. The third-order valence-electron chi connectivity index (χ3n) is 2.81. The van der Waals surface area contributed by atoms with Gasteiger partial charge in [-0.1, -0.05) is 58.3 Å². The standard InChI is InChI=1S/C14H28NO/c1-3-5-6-7-8-9-10-11-12-13-14(16)15-4-2/h4H,3,5-13H2,1-2H3,(H,15,16). The lowest BCUT2D eigenvalue weighted by molar-refractivity contribution is -0.120. The second-order valence-electron chi connectivity index (χ2n) is 4.43. The minimum absolute atomic E-state index is 0.158. The highest BCUT2D eigenvalue weighted by molar-refractivity contribution is 5.76. The van der Waals surface area contributed by atoms with E-state index in [1.807, 2.05) is 6.92 Å². The predicted octanol–water partition coefficient (Wildman–Crippen LogP) is 4.21. The maximum absolute atomic E-state index is 11.1. The fourth-order valence-electron chi connectivity index (χ4n) is 1.83. The molecular formula is C14H28NO. The van der Waals surface area contributed by atoms with Gasteiger partial charge in [0.2, 0.25) is 5.91 Å². The van der Waals surface area contributed by atoms with Crippen molar-refractivity contribution in [3.8, 4) is 0 Å². The average Bonchev–Trinajstić information content (AvgIpc) is 2.27. The third-order valence-corrected chi connectivity index (χ3v) is 2.81. The maximum Gasteiger partial charge on any atom is 0.220 e. The van der Waals surface area contributed by atoms with Gasteiger partial charge in [0.1, 0.15) is 0 Å². The van der Waals surface area contributed by atoms with Crippen LogP contribution in [-0.2, 0) is 4.79 Å². The Labute approximate surface area is 101 Å². The topological polar surface area (TPSA) is 29.1 Å². The Balaban J connectivity index is 3.01. The van der Waals surface area contributed by atoms with Gasteiger partial charge in [0.25, 0.3) is 0 Å². The van der Waals surface area contributed by atoms with E-state index in [1.165, 1.54) is 51.4 Å². The minimum atomic E-state index is 0.158. The third kappa shape index (κ3) is 11.5. The lowest BCUT2D eigenvalue weighted by atomic mass is 10.1. The van der Waals surface area contributed by atoms with Gasteiger partial charge in [0, 0.05) is 13.0 Å². The molecule has 0 spiro atoms. The number of nitrogens with one attached hydrogen (secondary N) is 1. The van der Waals surface area contributed by atoms with Crippen LogP contribution in [0.1, 0.15) is 78.1 Å². The quantitative estimate of drug-likeness (QED) is 0.525. The van der Waals surface area contributed by atoms with E-state index >= 15 is 0 Å².